The molecular weight excluding hydrogens is 440 g/mol. The molecule has 2 aromatic carbocycles. The summed E-state index contributed by atoms with van der Waals surface area (Å²) >= 11 is 0. The number of aryl methyl sites for hydroxylation is 1. The Kier molecular flexibility index (Phi) is 7.61. The van der Waals surface area contributed by atoms with Crippen LogP contribution < -0.4 is 4.90 Å². The van der Waals surface area contributed by atoms with Gasteiger partial charge in [0.2, 0.25) is 5.69 Å². The number of anilines is 1. The fourth-order valence-electron chi connectivity index (χ4n) is 5.95. The molecule has 36 heavy (non-hydrogen) atoms. The van der Waals surface area contributed by atoms with Crippen LogP contribution in [0.2, 0.25) is 0 Å². The predicted octanol–water partition coefficient (Wildman–Crippen LogP) is 7.70. The molecule has 2 aliphatic rings. The lowest BCUT2D eigenvalue weighted by atomic mass is 9.80. The van der Waals surface area contributed by atoms with E-state index in [9.17, 15) is 5.11 Å². The molecule has 0 spiro atoms. The molecule has 0 saturated heterocycles. The van der Waals surface area contributed by atoms with Crippen molar-refractivity contribution in [3.63, 3.8) is 0 Å². The number of aliphatic hydroxyl groups is 1. The number of hydrogen-bond acceptors (Lipinski definition) is 2. The summed E-state index contributed by atoms with van der Waals surface area (Å²) in [6.45, 7) is 18.2. The highest BCUT2D eigenvalue weighted by Crippen LogP contribution is 2.48. The van der Waals surface area contributed by atoms with Gasteiger partial charge in [-0.3, -0.25) is 0 Å². The first kappa shape index (κ1) is 26.4. The SMILES string of the molecule is CCCCN1C(=CC=CC2=[N+](CCCC)c3ccc(CO)cc3C2(C)C)C(C)(C)c2cc(C)ccc21. The summed E-state index contributed by atoms with van der Waals surface area (Å²) in [4.78, 5) is 2.55. The molecule has 2 aliphatic heterocycles. The summed E-state index contributed by atoms with van der Waals surface area (Å²) in [5, 5.41) is 9.76. The van der Waals surface area contributed by atoms with Crippen molar-refractivity contribution in [1.29, 1.82) is 0 Å². The van der Waals surface area contributed by atoms with E-state index in [1.54, 1.807) is 0 Å². The Morgan fingerprint density at radius 3 is 2.36 bits per heavy atom. The molecule has 0 fully saturated rings. The first-order chi connectivity index (χ1) is 17.2. The van der Waals surface area contributed by atoms with Crippen molar-refractivity contribution in [2.45, 2.75) is 91.6 Å². The minimum atomic E-state index is -0.115. The van der Waals surface area contributed by atoms with Crippen LogP contribution in [-0.2, 0) is 17.4 Å². The van der Waals surface area contributed by atoms with Gasteiger partial charge < -0.3 is 10.0 Å². The lowest BCUT2D eigenvalue weighted by Crippen LogP contribution is -2.28. The monoisotopic (exact) mass is 485 g/mol. The quantitative estimate of drug-likeness (QED) is 0.368. The van der Waals surface area contributed by atoms with Gasteiger partial charge in [0, 0.05) is 47.5 Å². The van der Waals surface area contributed by atoms with E-state index in [0.717, 1.165) is 25.1 Å². The Bertz CT molecular complexity index is 1210. The molecule has 0 unspecified atom stereocenters. The fourth-order valence-corrected chi connectivity index (χ4v) is 5.95. The average molecular weight is 486 g/mol. The Morgan fingerprint density at radius 1 is 0.917 bits per heavy atom. The van der Waals surface area contributed by atoms with Crippen molar-refractivity contribution in [2.75, 3.05) is 18.0 Å². The summed E-state index contributed by atoms with van der Waals surface area (Å²) < 4.78 is 2.50. The Balaban J connectivity index is 1.76. The molecule has 1 N–H and O–H groups in total. The highest BCUT2D eigenvalue weighted by molar-refractivity contribution is 6.03. The van der Waals surface area contributed by atoms with Gasteiger partial charge in [-0.15, -0.1) is 0 Å². The van der Waals surface area contributed by atoms with Gasteiger partial charge >= 0.3 is 0 Å². The molecule has 192 valence electrons. The molecule has 0 radical (unpaired) electrons. The number of benzene rings is 2. The van der Waals surface area contributed by atoms with Crippen LogP contribution in [0.1, 0.15) is 89.5 Å². The smallest absolute Gasteiger partial charge is 0.209 e. The Morgan fingerprint density at radius 2 is 1.67 bits per heavy atom. The van der Waals surface area contributed by atoms with E-state index in [1.807, 2.05) is 0 Å². The predicted molar refractivity (Wildman–Crippen MR) is 154 cm³/mol. The topological polar surface area (TPSA) is 26.5 Å². The van der Waals surface area contributed by atoms with Crippen molar-refractivity contribution in [3.8, 4) is 0 Å². The molecule has 4 rings (SSSR count). The Hall–Kier alpha value is -2.65. The van der Waals surface area contributed by atoms with Gasteiger partial charge in [-0.1, -0.05) is 70.4 Å². The van der Waals surface area contributed by atoms with Crippen LogP contribution >= 0.6 is 0 Å². The minimum absolute atomic E-state index is 0.0316. The Labute approximate surface area is 218 Å². The molecule has 0 amide bonds. The zero-order valence-electron chi connectivity index (χ0n) is 23.5. The molecule has 0 bridgehead atoms. The minimum Gasteiger partial charge on any atom is -0.392 e. The number of nitrogens with zero attached hydrogens (tertiary/aromatic N) is 2. The highest BCUT2D eigenvalue weighted by atomic mass is 16.3. The lowest BCUT2D eigenvalue weighted by molar-refractivity contribution is -0.438. The molecule has 0 saturated carbocycles. The summed E-state index contributed by atoms with van der Waals surface area (Å²) in [7, 11) is 0. The van der Waals surface area contributed by atoms with Gasteiger partial charge in [-0.2, -0.15) is 4.58 Å². The second-order valence-corrected chi connectivity index (χ2v) is 11.6. The summed E-state index contributed by atoms with van der Waals surface area (Å²) in [5.74, 6) is 0. The third kappa shape index (κ3) is 4.59. The van der Waals surface area contributed by atoms with Gasteiger partial charge in [0.05, 0.1) is 12.0 Å². The molecule has 3 nitrogen and oxygen atoms in total. The molecule has 0 atom stereocenters. The van der Waals surface area contributed by atoms with E-state index in [2.05, 4.69) is 113 Å². The molecule has 0 aliphatic carbocycles. The van der Waals surface area contributed by atoms with Crippen LogP contribution in [0.3, 0.4) is 0 Å². The zero-order valence-corrected chi connectivity index (χ0v) is 23.5. The summed E-state index contributed by atoms with van der Waals surface area (Å²) in [6, 6.07) is 13.4. The van der Waals surface area contributed by atoms with Crippen LogP contribution in [0.4, 0.5) is 11.4 Å². The third-order valence-electron chi connectivity index (χ3n) is 8.16. The number of rotatable bonds is 9. The summed E-state index contributed by atoms with van der Waals surface area (Å²) in [6.07, 6.45) is 11.7. The molecule has 3 heteroatoms. The van der Waals surface area contributed by atoms with E-state index in [1.165, 1.54) is 58.7 Å². The maximum Gasteiger partial charge on any atom is 0.209 e. The fraction of sp³-hybridized carbons (Fsp3) is 0.485. The zero-order chi connectivity index (χ0) is 26.1. The van der Waals surface area contributed by atoms with Crippen LogP contribution in [0.15, 0.2) is 60.3 Å². The maximum absolute atomic E-state index is 9.76. The van der Waals surface area contributed by atoms with Crippen molar-refractivity contribution in [1.82, 2.24) is 0 Å². The second kappa shape index (κ2) is 10.4. The van der Waals surface area contributed by atoms with Crippen molar-refractivity contribution in [2.24, 2.45) is 0 Å². The second-order valence-electron chi connectivity index (χ2n) is 11.6. The van der Waals surface area contributed by atoms with Crippen molar-refractivity contribution < 1.29 is 9.68 Å². The number of hydrogen-bond donors (Lipinski definition) is 1. The average Bonchev–Trinajstić information content (AvgIpc) is 3.19. The maximum atomic E-state index is 9.76. The first-order valence-corrected chi connectivity index (χ1v) is 13.8. The third-order valence-corrected chi connectivity index (χ3v) is 8.16. The van der Waals surface area contributed by atoms with E-state index in [4.69, 9.17) is 0 Å². The number of aliphatic hydroxyl groups excluding tert-OH is 1. The van der Waals surface area contributed by atoms with Gasteiger partial charge in [0.15, 0.2) is 5.71 Å². The standard InChI is InChI=1S/C33H45N2O/c1-8-10-19-34-28-17-15-24(3)21-26(28)32(4,5)30(34)13-12-14-31-33(6,7)27-22-25(23-36)16-18-29(27)35(31)20-11-9-2/h12-18,21-22,36H,8-11,19-20,23H2,1-7H3/q+1. The largest absolute Gasteiger partial charge is 0.392 e. The normalized spacial score (nSPS) is 19.0. The van der Waals surface area contributed by atoms with Crippen molar-refractivity contribution >= 4 is 17.1 Å². The first-order valence-electron chi connectivity index (χ1n) is 13.8. The van der Waals surface area contributed by atoms with E-state index < -0.39 is 0 Å². The van der Waals surface area contributed by atoms with E-state index >= 15 is 0 Å². The molecule has 2 aromatic rings. The van der Waals surface area contributed by atoms with Crippen LogP contribution in [0, 0.1) is 6.92 Å². The van der Waals surface area contributed by atoms with Crippen LogP contribution in [0.5, 0.6) is 0 Å². The van der Waals surface area contributed by atoms with E-state index in [0.29, 0.717) is 0 Å². The number of unbranched alkanes of at least 4 members (excludes halogenated alkanes) is 2. The number of allylic oxidation sites excluding steroid dienone is 4. The van der Waals surface area contributed by atoms with Crippen molar-refractivity contribution in [3.05, 3.63) is 82.6 Å². The highest BCUT2D eigenvalue weighted by Gasteiger charge is 2.44. The van der Waals surface area contributed by atoms with Crippen LogP contribution in [-0.4, -0.2) is 28.5 Å². The number of fused-ring (bicyclic) bond motifs is 2. The van der Waals surface area contributed by atoms with Gasteiger partial charge in [0.1, 0.15) is 6.54 Å². The molecule has 2 heterocycles. The lowest BCUT2D eigenvalue weighted by Gasteiger charge is -2.27. The van der Waals surface area contributed by atoms with Crippen LogP contribution in [0.25, 0.3) is 0 Å². The van der Waals surface area contributed by atoms with E-state index in [-0.39, 0.29) is 17.4 Å². The van der Waals surface area contributed by atoms with Gasteiger partial charge in [0.25, 0.3) is 0 Å². The molecular formula is C33H45N2O+. The summed E-state index contributed by atoms with van der Waals surface area (Å²) in [5.41, 5.74) is 10.3. The molecule has 0 aromatic heterocycles. The van der Waals surface area contributed by atoms with Gasteiger partial charge in [-0.05, 0) is 56.5 Å². The van der Waals surface area contributed by atoms with Gasteiger partial charge in [-0.25, -0.2) is 0 Å².